The lowest BCUT2D eigenvalue weighted by atomic mass is 9.76. The molecule has 0 bridgehead atoms. The van der Waals surface area contributed by atoms with Crippen LogP contribution in [-0.2, 0) is 22.4 Å². The predicted octanol–water partition coefficient (Wildman–Crippen LogP) is 2.49. The number of benzene rings is 1. The predicted molar refractivity (Wildman–Crippen MR) is 82.7 cm³/mol. The number of nitrogens with one attached hydrogen (secondary N) is 1. The Labute approximate surface area is 126 Å². The molecular weight excluding hydrogens is 266 g/mol. The Bertz CT molecular complexity index is 501. The summed E-state index contributed by atoms with van der Waals surface area (Å²) in [4.78, 5) is 11.8. The van der Waals surface area contributed by atoms with E-state index in [1.807, 2.05) is 6.07 Å². The second-order valence-electron chi connectivity index (χ2n) is 5.77. The maximum atomic E-state index is 11.8. The standard InChI is InChI=1S/C17H25NO3/c1-4-9-18-17(12-16(19)21-3)8-7-13-5-6-15(20-2)10-14(13)11-17/h5-6,10,18H,4,7-9,11-12H2,1-3H3. The SMILES string of the molecule is CCCNC1(CC(=O)OC)CCc2ccc(OC)cc2C1. The summed E-state index contributed by atoms with van der Waals surface area (Å²) in [5, 5.41) is 3.59. The van der Waals surface area contributed by atoms with Crippen LogP contribution < -0.4 is 10.1 Å². The van der Waals surface area contributed by atoms with Crippen LogP contribution in [-0.4, -0.2) is 32.3 Å². The number of esters is 1. The molecule has 1 unspecified atom stereocenters. The Balaban J connectivity index is 2.23. The van der Waals surface area contributed by atoms with Crippen LogP contribution in [0.5, 0.6) is 5.75 Å². The van der Waals surface area contributed by atoms with Crippen molar-refractivity contribution in [1.29, 1.82) is 0 Å². The Morgan fingerprint density at radius 3 is 2.81 bits per heavy atom. The van der Waals surface area contributed by atoms with Gasteiger partial charge in [0.05, 0.1) is 20.6 Å². The van der Waals surface area contributed by atoms with Gasteiger partial charge in [0.1, 0.15) is 5.75 Å². The molecule has 0 heterocycles. The highest BCUT2D eigenvalue weighted by Crippen LogP contribution is 2.33. The highest BCUT2D eigenvalue weighted by atomic mass is 16.5. The topological polar surface area (TPSA) is 47.6 Å². The van der Waals surface area contributed by atoms with Crippen molar-refractivity contribution in [3.63, 3.8) is 0 Å². The van der Waals surface area contributed by atoms with Gasteiger partial charge in [-0.2, -0.15) is 0 Å². The maximum Gasteiger partial charge on any atom is 0.307 e. The van der Waals surface area contributed by atoms with E-state index in [2.05, 4.69) is 24.4 Å². The lowest BCUT2D eigenvalue weighted by Crippen LogP contribution is -2.51. The summed E-state index contributed by atoms with van der Waals surface area (Å²) < 4.78 is 10.2. The summed E-state index contributed by atoms with van der Waals surface area (Å²) in [6.07, 6.45) is 4.25. The van der Waals surface area contributed by atoms with Gasteiger partial charge < -0.3 is 14.8 Å². The van der Waals surface area contributed by atoms with Crippen LogP contribution >= 0.6 is 0 Å². The average Bonchev–Trinajstić information content (AvgIpc) is 2.52. The van der Waals surface area contributed by atoms with E-state index in [0.717, 1.165) is 38.0 Å². The summed E-state index contributed by atoms with van der Waals surface area (Å²) in [5.74, 6) is 0.725. The Morgan fingerprint density at radius 1 is 1.33 bits per heavy atom. The summed E-state index contributed by atoms with van der Waals surface area (Å²) >= 11 is 0. The molecule has 0 radical (unpaired) electrons. The molecule has 0 saturated carbocycles. The minimum atomic E-state index is -0.192. The summed E-state index contributed by atoms with van der Waals surface area (Å²) in [5.41, 5.74) is 2.44. The molecule has 1 N–H and O–H groups in total. The van der Waals surface area contributed by atoms with Gasteiger partial charge in [-0.3, -0.25) is 4.79 Å². The van der Waals surface area contributed by atoms with Crippen molar-refractivity contribution in [2.75, 3.05) is 20.8 Å². The number of hydrogen-bond donors (Lipinski definition) is 1. The zero-order valence-corrected chi connectivity index (χ0v) is 13.2. The van der Waals surface area contributed by atoms with Gasteiger partial charge in [-0.05, 0) is 55.5 Å². The van der Waals surface area contributed by atoms with Crippen molar-refractivity contribution in [3.8, 4) is 5.75 Å². The average molecular weight is 291 g/mol. The fraction of sp³-hybridized carbons (Fsp3) is 0.588. The molecule has 1 aliphatic carbocycles. The van der Waals surface area contributed by atoms with Crippen LogP contribution in [0.15, 0.2) is 18.2 Å². The lowest BCUT2D eigenvalue weighted by Gasteiger charge is -2.38. The number of carbonyl (C=O) groups is 1. The van der Waals surface area contributed by atoms with Crippen molar-refractivity contribution in [1.82, 2.24) is 5.32 Å². The van der Waals surface area contributed by atoms with E-state index < -0.39 is 0 Å². The molecule has 0 saturated heterocycles. The zero-order valence-electron chi connectivity index (χ0n) is 13.2. The molecule has 0 aromatic heterocycles. The number of aryl methyl sites for hydroxylation is 1. The van der Waals surface area contributed by atoms with E-state index in [1.54, 1.807) is 7.11 Å². The van der Waals surface area contributed by atoms with E-state index in [9.17, 15) is 4.79 Å². The highest BCUT2D eigenvalue weighted by molar-refractivity contribution is 5.71. The molecule has 2 rings (SSSR count). The van der Waals surface area contributed by atoms with Crippen LogP contribution in [0.3, 0.4) is 0 Å². The third-order valence-corrected chi connectivity index (χ3v) is 4.28. The first kappa shape index (κ1) is 15.8. The second-order valence-corrected chi connectivity index (χ2v) is 5.77. The van der Waals surface area contributed by atoms with Crippen molar-refractivity contribution >= 4 is 5.97 Å². The number of carbonyl (C=O) groups excluding carboxylic acids is 1. The van der Waals surface area contributed by atoms with E-state index in [-0.39, 0.29) is 11.5 Å². The molecule has 4 heteroatoms. The van der Waals surface area contributed by atoms with Gasteiger partial charge in [0.25, 0.3) is 0 Å². The monoisotopic (exact) mass is 291 g/mol. The molecule has 1 aromatic rings. The largest absolute Gasteiger partial charge is 0.497 e. The minimum Gasteiger partial charge on any atom is -0.497 e. The van der Waals surface area contributed by atoms with E-state index in [4.69, 9.17) is 9.47 Å². The molecule has 1 aromatic carbocycles. The number of methoxy groups -OCH3 is 2. The van der Waals surface area contributed by atoms with E-state index in [1.165, 1.54) is 18.2 Å². The molecule has 1 atom stereocenters. The molecule has 0 aliphatic heterocycles. The Kier molecular flexibility index (Phi) is 5.23. The van der Waals surface area contributed by atoms with Crippen LogP contribution in [0.2, 0.25) is 0 Å². The van der Waals surface area contributed by atoms with Crippen LogP contribution in [0, 0.1) is 0 Å². The van der Waals surface area contributed by atoms with E-state index >= 15 is 0 Å². The van der Waals surface area contributed by atoms with Gasteiger partial charge in [0.2, 0.25) is 0 Å². The third kappa shape index (κ3) is 3.76. The van der Waals surface area contributed by atoms with Gasteiger partial charge in [-0.25, -0.2) is 0 Å². The van der Waals surface area contributed by atoms with Gasteiger partial charge in [0.15, 0.2) is 0 Å². The quantitative estimate of drug-likeness (QED) is 0.818. The fourth-order valence-electron chi connectivity index (χ4n) is 3.07. The van der Waals surface area contributed by atoms with E-state index in [0.29, 0.717) is 6.42 Å². The summed E-state index contributed by atoms with van der Waals surface area (Å²) in [6, 6.07) is 6.23. The van der Waals surface area contributed by atoms with Crippen molar-refractivity contribution in [3.05, 3.63) is 29.3 Å². The smallest absolute Gasteiger partial charge is 0.307 e. The first-order valence-electron chi connectivity index (χ1n) is 7.60. The molecule has 0 fully saturated rings. The Morgan fingerprint density at radius 2 is 2.14 bits per heavy atom. The molecule has 1 aliphatic rings. The third-order valence-electron chi connectivity index (χ3n) is 4.28. The summed E-state index contributed by atoms with van der Waals surface area (Å²) in [7, 11) is 3.14. The van der Waals surface area contributed by atoms with Gasteiger partial charge in [-0.1, -0.05) is 13.0 Å². The zero-order chi connectivity index (χ0) is 15.3. The minimum absolute atomic E-state index is 0.148. The highest BCUT2D eigenvalue weighted by Gasteiger charge is 2.36. The first-order valence-corrected chi connectivity index (χ1v) is 7.60. The Hall–Kier alpha value is -1.55. The number of rotatable bonds is 6. The normalized spacial score (nSPS) is 20.7. The number of ether oxygens (including phenoxy) is 2. The fourth-order valence-corrected chi connectivity index (χ4v) is 3.07. The van der Waals surface area contributed by atoms with Crippen molar-refractivity contribution < 1.29 is 14.3 Å². The number of hydrogen-bond acceptors (Lipinski definition) is 4. The molecule has 0 amide bonds. The lowest BCUT2D eigenvalue weighted by molar-refractivity contribution is -0.142. The maximum absolute atomic E-state index is 11.8. The van der Waals surface area contributed by atoms with Crippen LogP contribution in [0.1, 0.15) is 37.3 Å². The van der Waals surface area contributed by atoms with Gasteiger partial charge >= 0.3 is 5.97 Å². The van der Waals surface area contributed by atoms with Crippen molar-refractivity contribution in [2.45, 2.75) is 44.6 Å². The van der Waals surface area contributed by atoms with Crippen molar-refractivity contribution in [2.24, 2.45) is 0 Å². The van der Waals surface area contributed by atoms with Gasteiger partial charge in [-0.15, -0.1) is 0 Å². The first-order chi connectivity index (χ1) is 10.1. The second kappa shape index (κ2) is 6.94. The molecular formula is C17H25NO3. The molecule has 4 nitrogen and oxygen atoms in total. The van der Waals surface area contributed by atoms with Crippen LogP contribution in [0.25, 0.3) is 0 Å². The number of fused-ring (bicyclic) bond motifs is 1. The molecule has 21 heavy (non-hydrogen) atoms. The van der Waals surface area contributed by atoms with Crippen LogP contribution in [0.4, 0.5) is 0 Å². The molecule has 0 spiro atoms. The molecule has 116 valence electrons. The van der Waals surface area contributed by atoms with Gasteiger partial charge in [0, 0.05) is 5.54 Å². The summed E-state index contributed by atoms with van der Waals surface area (Å²) in [6.45, 7) is 3.05.